The van der Waals surface area contributed by atoms with Crippen molar-refractivity contribution in [1.82, 2.24) is 5.32 Å². The van der Waals surface area contributed by atoms with Gasteiger partial charge in [0, 0.05) is 19.4 Å². The van der Waals surface area contributed by atoms with E-state index in [0.717, 1.165) is 5.56 Å². The second-order valence-corrected chi connectivity index (χ2v) is 4.13. The molecule has 0 unspecified atom stereocenters. The van der Waals surface area contributed by atoms with Crippen molar-refractivity contribution in [2.24, 2.45) is 0 Å². The number of ketones is 1. The lowest BCUT2D eigenvalue weighted by atomic mass is 10.1. The SMILES string of the molecule is CC(=O)CCC(=O)NCCc1ccc(O)c(O)c1. The first-order valence-electron chi connectivity index (χ1n) is 5.76. The predicted octanol–water partition coefficient (Wildman–Crippen LogP) is 1.13. The van der Waals surface area contributed by atoms with Gasteiger partial charge in [-0.05, 0) is 31.0 Å². The molecule has 0 aliphatic heterocycles. The number of carbonyl (C=O) groups excluding carboxylic acids is 2. The van der Waals surface area contributed by atoms with Gasteiger partial charge in [0.1, 0.15) is 5.78 Å². The monoisotopic (exact) mass is 251 g/mol. The number of hydrogen-bond acceptors (Lipinski definition) is 4. The van der Waals surface area contributed by atoms with Crippen molar-refractivity contribution in [2.45, 2.75) is 26.2 Å². The number of phenolic OH excluding ortho intramolecular Hbond substituents is 2. The summed E-state index contributed by atoms with van der Waals surface area (Å²) in [7, 11) is 0. The Labute approximate surface area is 105 Å². The molecule has 0 radical (unpaired) electrons. The lowest BCUT2D eigenvalue weighted by molar-refractivity contribution is -0.124. The third-order valence-corrected chi connectivity index (χ3v) is 2.48. The van der Waals surface area contributed by atoms with Gasteiger partial charge in [-0.25, -0.2) is 0 Å². The second kappa shape index (κ2) is 6.64. The highest BCUT2D eigenvalue weighted by molar-refractivity contribution is 5.83. The maximum atomic E-state index is 11.3. The molecule has 0 fully saturated rings. The Morgan fingerprint density at radius 1 is 1.17 bits per heavy atom. The van der Waals surface area contributed by atoms with Crippen LogP contribution in [0, 0.1) is 0 Å². The van der Waals surface area contributed by atoms with Crippen LogP contribution in [0.5, 0.6) is 11.5 Å². The summed E-state index contributed by atoms with van der Waals surface area (Å²) in [5, 5.41) is 21.1. The van der Waals surface area contributed by atoms with Crippen molar-refractivity contribution >= 4 is 11.7 Å². The third-order valence-electron chi connectivity index (χ3n) is 2.48. The van der Waals surface area contributed by atoms with Crippen molar-refractivity contribution in [3.8, 4) is 11.5 Å². The topological polar surface area (TPSA) is 86.6 Å². The number of carbonyl (C=O) groups is 2. The van der Waals surface area contributed by atoms with Gasteiger partial charge < -0.3 is 20.3 Å². The van der Waals surface area contributed by atoms with Crippen LogP contribution < -0.4 is 5.32 Å². The Balaban J connectivity index is 2.30. The maximum absolute atomic E-state index is 11.3. The summed E-state index contributed by atoms with van der Waals surface area (Å²) in [6, 6.07) is 4.54. The normalized spacial score (nSPS) is 10.1. The Morgan fingerprint density at radius 3 is 2.50 bits per heavy atom. The third kappa shape index (κ3) is 4.86. The molecule has 0 saturated heterocycles. The van der Waals surface area contributed by atoms with Crippen LogP contribution >= 0.6 is 0 Å². The van der Waals surface area contributed by atoms with Crippen LogP contribution in [0.15, 0.2) is 18.2 Å². The van der Waals surface area contributed by atoms with E-state index in [1.54, 1.807) is 6.07 Å². The number of nitrogens with one attached hydrogen (secondary N) is 1. The van der Waals surface area contributed by atoms with Gasteiger partial charge in [-0.2, -0.15) is 0 Å². The first kappa shape index (κ1) is 14.0. The summed E-state index contributed by atoms with van der Waals surface area (Å²) in [4.78, 5) is 22.0. The molecule has 0 bridgehead atoms. The molecule has 0 aromatic heterocycles. The van der Waals surface area contributed by atoms with Gasteiger partial charge >= 0.3 is 0 Å². The van der Waals surface area contributed by atoms with Crippen molar-refractivity contribution < 1.29 is 19.8 Å². The summed E-state index contributed by atoms with van der Waals surface area (Å²) < 4.78 is 0. The average molecular weight is 251 g/mol. The highest BCUT2D eigenvalue weighted by Gasteiger charge is 2.04. The van der Waals surface area contributed by atoms with Crippen LogP contribution in [0.25, 0.3) is 0 Å². The molecule has 0 aliphatic rings. The second-order valence-electron chi connectivity index (χ2n) is 4.13. The van der Waals surface area contributed by atoms with Crippen molar-refractivity contribution in [2.75, 3.05) is 6.54 Å². The van der Waals surface area contributed by atoms with E-state index in [1.807, 2.05) is 0 Å². The van der Waals surface area contributed by atoms with Gasteiger partial charge in [-0.3, -0.25) is 4.79 Å². The largest absolute Gasteiger partial charge is 0.504 e. The fourth-order valence-electron chi connectivity index (χ4n) is 1.45. The van der Waals surface area contributed by atoms with Crippen molar-refractivity contribution in [1.29, 1.82) is 0 Å². The zero-order valence-electron chi connectivity index (χ0n) is 10.3. The first-order valence-corrected chi connectivity index (χ1v) is 5.76. The molecule has 1 aromatic rings. The molecular weight excluding hydrogens is 234 g/mol. The summed E-state index contributed by atoms with van der Waals surface area (Å²) in [6.07, 6.45) is 1.02. The fourth-order valence-corrected chi connectivity index (χ4v) is 1.45. The summed E-state index contributed by atoms with van der Waals surface area (Å²) in [5.41, 5.74) is 0.817. The molecule has 3 N–H and O–H groups in total. The molecule has 0 aliphatic carbocycles. The molecule has 0 heterocycles. The minimum absolute atomic E-state index is 0.00592. The summed E-state index contributed by atoms with van der Waals surface area (Å²) in [6.45, 7) is 1.88. The molecular formula is C13H17NO4. The van der Waals surface area contributed by atoms with Gasteiger partial charge in [-0.15, -0.1) is 0 Å². The first-order chi connectivity index (χ1) is 8.49. The highest BCUT2D eigenvalue weighted by Crippen LogP contribution is 2.24. The Hall–Kier alpha value is -2.04. The van der Waals surface area contributed by atoms with Gasteiger partial charge in [0.15, 0.2) is 11.5 Å². The molecule has 1 aromatic carbocycles. The van der Waals surface area contributed by atoms with E-state index in [2.05, 4.69) is 5.32 Å². The predicted molar refractivity (Wildman–Crippen MR) is 66.4 cm³/mol. The van der Waals surface area contributed by atoms with Gasteiger partial charge in [-0.1, -0.05) is 6.07 Å². The average Bonchev–Trinajstić information content (AvgIpc) is 2.31. The number of Topliss-reactive ketones (excluding diaryl/α,β-unsaturated/α-hetero) is 1. The van der Waals surface area contributed by atoms with Crippen molar-refractivity contribution in [3.63, 3.8) is 0 Å². The molecule has 0 atom stereocenters. The van der Waals surface area contributed by atoms with Crippen LogP contribution in [0.3, 0.4) is 0 Å². The Morgan fingerprint density at radius 2 is 1.89 bits per heavy atom. The minimum atomic E-state index is -0.171. The minimum Gasteiger partial charge on any atom is -0.504 e. The van der Waals surface area contributed by atoms with Gasteiger partial charge in [0.2, 0.25) is 5.91 Å². The lowest BCUT2D eigenvalue weighted by Gasteiger charge is -2.05. The molecule has 1 amide bonds. The quantitative estimate of drug-likeness (QED) is 0.661. The fraction of sp³-hybridized carbons (Fsp3) is 0.385. The number of amides is 1. The molecule has 1 rings (SSSR count). The maximum Gasteiger partial charge on any atom is 0.220 e. The number of aromatic hydroxyl groups is 2. The molecule has 18 heavy (non-hydrogen) atoms. The van der Waals surface area contributed by atoms with E-state index >= 15 is 0 Å². The van der Waals surface area contributed by atoms with E-state index in [4.69, 9.17) is 5.11 Å². The van der Waals surface area contributed by atoms with E-state index in [1.165, 1.54) is 19.1 Å². The number of phenols is 2. The van der Waals surface area contributed by atoms with E-state index in [0.29, 0.717) is 13.0 Å². The Kier molecular flexibility index (Phi) is 5.17. The number of hydrogen-bond donors (Lipinski definition) is 3. The molecule has 5 nitrogen and oxygen atoms in total. The molecule has 0 saturated carbocycles. The van der Waals surface area contributed by atoms with Crippen LogP contribution in [-0.2, 0) is 16.0 Å². The van der Waals surface area contributed by atoms with E-state index in [9.17, 15) is 14.7 Å². The Bertz CT molecular complexity index is 443. The number of benzene rings is 1. The van der Waals surface area contributed by atoms with Crippen LogP contribution in [0.4, 0.5) is 0 Å². The van der Waals surface area contributed by atoms with E-state index < -0.39 is 0 Å². The van der Waals surface area contributed by atoms with Crippen LogP contribution in [0.1, 0.15) is 25.3 Å². The summed E-state index contributed by atoms with van der Waals surface area (Å²) >= 11 is 0. The summed E-state index contributed by atoms with van der Waals surface area (Å²) in [5.74, 6) is -0.499. The van der Waals surface area contributed by atoms with Crippen LogP contribution in [0.2, 0.25) is 0 Å². The number of rotatable bonds is 6. The van der Waals surface area contributed by atoms with E-state index in [-0.39, 0.29) is 36.0 Å². The standard InChI is InChI=1S/C13H17NO4/c1-9(15)2-5-13(18)14-7-6-10-3-4-11(16)12(17)8-10/h3-4,8,16-17H,2,5-7H2,1H3,(H,14,18). The van der Waals surface area contributed by atoms with Gasteiger partial charge in [0.05, 0.1) is 0 Å². The lowest BCUT2D eigenvalue weighted by Crippen LogP contribution is -2.25. The molecule has 5 heteroatoms. The van der Waals surface area contributed by atoms with Crippen LogP contribution in [-0.4, -0.2) is 28.4 Å². The van der Waals surface area contributed by atoms with Crippen molar-refractivity contribution in [3.05, 3.63) is 23.8 Å². The highest BCUT2D eigenvalue weighted by atomic mass is 16.3. The molecule has 98 valence electrons. The zero-order chi connectivity index (χ0) is 13.5. The molecule has 0 spiro atoms. The zero-order valence-corrected chi connectivity index (χ0v) is 10.3. The smallest absolute Gasteiger partial charge is 0.220 e. The van der Waals surface area contributed by atoms with Gasteiger partial charge in [0.25, 0.3) is 0 Å².